The van der Waals surface area contributed by atoms with Gasteiger partial charge in [-0.3, -0.25) is 9.59 Å². The molecule has 3 atom stereocenters. The van der Waals surface area contributed by atoms with Gasteiger partial charge in [0.15, 0.2) is 0 Å². The van der Waals surface area contributed by atoms with Crippen LogP contribution in [0.2, 0.25) is 0 Å². The molecule has 0 aliphatic heterocycles. The summed E-state index contributed by atoms with van der Waals surface area (Å²) in [7, 11) is 0. The van der Waals surface area contributed by atoms with E-state index in [0.717, 1.165) is 141 Å². The van der Waals surface area contributed by atoms with Gasteiger partial charge < -0.3 is 42.6 Å². The van der Waals surface area contributed by atoms with Crippen molar-refractivity contribution in [2.45, 2.75) is 329 Å². The highest BCUT2D eigenvalue weighted by molar-refractivity contribution is 5.69. The molecule has 0 aliphatic rings. The lowest BCUT2D eigenvalue weighted by Gasteiger charge is -2.29. The zero-order valence-electron chi connectivity index (χ0n) is 51.5. The first-order valence-electron chi connectivity index (χ1n) is 32.8. The zero-order valence-corrected chi connectivity index (χ0v) is 51.5. The minimum absolute atomic E-state index is 0.0115. The Morgan fingerprint density at radius 1 is 0.316 bits per heavy atom. The van der Waals surface area contributed by atoms with Crippen molar-refractivity contribution in [1.29, 1.82) is 0 Å². The van der Waals surface area contributed by atoms with Crippen molar-refractivity contribution >= 4 is 11.9 Å². The number of hydrogen-bond acceptors (Lipinski definition) is 11. The summed E-state index contributed by atoms with van der Waals surface area (Å²) in [5, 5.41) is 0. The van der Waals surface area contributed by atoms with Crippen LogP contribution in [0.4, 0.5) is 0 Å². The van der Waals surface area contributed by atoms with Gasteiger partial charge in [-0.2, -0.15) is 0 Å². The van der Waals surface area contributed by atoms with Crippen LogP contribution < -0.4 is 0 Å². The fourth-order valence-electron chi connectivity index (χ4n) is 9.98. The molecular weight excluding hydrogens is 957 g/mol. The van der Waals surface area contributed by atoms with Gasteiger partial charge in [0.05, 0.1) is 71.7 Å². The second-order valence-corrected chi connectivity index (χ2v) is 22.3. The topological polar surface area (TPSA) is 117 Å². The molecule has 0 rings (SSSR count). The van der Waals surface area contributed by atoms with E-state index in [2.05, 4.69) is 48.5 Å². The molecule has 0 N–H and O–H groups in total. The minimum Gasteiger partial charge on any atom is -0.462 e. The number of ether oxygens (including phenoxy) is 9. The van der Waals surface area contributed by atoms with E-state index in [-0.39, 0.29) is 35.9 Å². The van der Waals surface area contributed by atoms with E-state index in [1.165, 1.54) is 103 Å². The number of carbonyl (C=O) groups excluding carboxylic acids is 2. The molecule has 3 unspecified atom stereocenters. The molecule has 11 heteroatoms. The second-order valence-electron chi connectivity index (χ2n) is 22.3. The predicted molar refractivity (Wildman–Crippen MR) is 317 cm³/mol. The van der Waals surface area contributed by atoms with E-state index in [9.17, 15) is 9.59 Å². The van der Waals surface area contributed by atoms with Crippen LogP contribution in [0.3, 0.4) is 0 Å². The molecule has 0 aliphatic carbocycles. The summed E-state index contributed by atoms with van der Waals surface area (Å²) in [6.07, 6.45) is 44.5. The van der Waals surface area contributed by atoms with Gasteiger partial charge in [-0.15, -0.1) is 0 Å². The highest BCUT2D eigenvalue weighted by Crippen LogP contribution is 2.24. The number of unbranched alkanes of at least 4 members (excludes halogenated alkanes) is 24. The predicted octanol–water partition coefficient (Wildman–Crippen LogP) is 17.8. The van der Waals surface area contributed by atoms with Crippen molar-refractivity contribution in [2.75, 3.05) is 79.3 Å². The smallest absolute Gasteiger partial charge is 0.306 e. The largest absolute Gasteiger partial charge is 0.462 e. The summed E-state index contributed by atoms with van der Waals surface area (Å²) in [5.41, 5.74) is -0.0517. The van der Waals surface area contributed by atoms with Gasteiger partial charge in [-0.1, -0.05) is 196 Å². The Bertz CT molecular complexity index is 1170. The SMILES string of the molecule is CCCCCCCCC(CCCCCC)OC(=O)CCCCCCCOCC(COCCOCCOCCOCCOC(C)(CCC)CCC)OCCCCCCCC(=O)OC(CCCCCC)CCCCCCCC. The van der Waals surface area contributed by atoms with E-state index in [1.807, 2.05) is 0 Å². The van der Waals surface area contributed by atoms with Crippen molar-refractivity contribution in [1.82, 2.24) is 0 Å². The number of carbonyl (C=O) groups is 2. The third kappa shape index (κ3) is 53.3. The van der Waals surface area contributed by atoms with Gasteiger partial charge in [0.25, 0.3) is 0 Å². The van der Waals surface area contributed by atoms with Crippen LogP contribution in [0.15, 0.2) is 0 Å². The molecular formula is C65H128O11. The molecule has 0 aromatic rings. The molecule has 0 fully saturated rings. The third-order valence-electron chi connectivity index (χ3n) is 14.6. The Morgan fingerprint density at radius 2 is 0.632 bits per heavy atom. The summed E-state index contributed by atoms with van der Waals surface area (Å²) in [6, 6.07) is 0. The molecule has 0 saturated carbocycles. The normalized spacial score (nSPS) is 13.1. The van der Waals surface area contributed by atoms with Crippen LogP contribution in [0, 0.1) is 0 Å². The second kappa shape index (κ2) is 59.8. The maximum absolute atomic E-state index is 12.8. The van der Waals surface area contributed by atoms with E-state index < -0.39 is 0 Å². The van der Waals surface area contributed by atoms with E-state index in [4.69, 9.17) is 42.6 Å². The van der Waals surface area contributed by atoms with Crippen molar-refractivity contribution < 1.29 is 52.2 Å². The van der Waals surface area contributed by atoms with Crippen LogP contribution >= 0.6 is 0 Å². The summed E-state index contributed by atoms with van der Waals surface area (Å²) >= 11 is 0. The van der Waals surface area contributed by atoms with Crippen molar-refractivity contribution in [3.8, 4) is 0 Å². The van der Waals surface area contributed by atoms with Gasteiger partial charge in [-0.05, 0) is 96.8 Å². The molecule has 0 radical (unpaired) electrons. The van der Waals surface area contributed by atoms with Gasteiger partial charge in [-0.25, -0.2) is 0 Å². The Morgan fingerprint density at radius 3 is 1.04 bits per heavy atom. The number of esters is 2. The monoisotopic (exact) mass is 1080 g/mol. The standard InChI is InChI=1S/C65H128O11/c1-8-14-18-22-26-34-42-60(40-32-20-16-10-3)75-63(66)44-36-28-24-30-38-48-71-58-62(59-72-55-54-69-51-50-68-52-53-70-56-57-74-65(7,46-12-5)47-13-6)73-49-39-31-25-29-37-45-64(67)76-61(41-33-21-17-11-4)43-35-27-23-19-15-9-2/h60-62H,8-59H2,1-7H3. The Labute approximate surface area is 470 Å². The Kier molecular flexibility index (Phi) is 58.7. The van der Waals surface area contributed by atoms with Crippen LogP contribution in [0.5, 0.6) is 0 Å². The molecule has 0 aromatic carbocycles. The molecule has 0 spiro atoms. The fourth-order valence-corrected chi connectivity index (χ4v) is 9.98. The first-order chi connectivity index (χ1) is 37.3. The van der Waals surface area contributed by atoms with Gasteiger partial charge in [0.2, 0.25) is 0 Å². The van der Waals surface area contributed by atoms with E-state index in [0.29, 0.717) is 92.1 Å². The molecule has 0 amide bonds. The number of hydrogen-bond donors (Lipinski definition) is 0. The first-order valence-corrected chi connectivity index (χ1v) is 32.8. The van der Waals surface area contributed by atoms with Gasteiger partial charge in [0.1, 0.15) is 18.3 Å². The lowest BCUT2D eigenvalue weighted by atomic mass is 9.95. The van der Waals surface area contributed by atoms with Gasteiger partial charge >= 0.3 is 11.9 Å². The highest BCUT2D eigenvalue weighted by atomic mass is 16.6. The zero-order chi connectivity index (χ0) is 55.5. The molecule has 0 saturated heterocycles. The highest BCUT2D eigenvalue weighted by Gasteiger charge is 2.23. The van der Waals surface area contributed by atoms with Crippen LogP contribution in [0.1, 0.15) is 305 Å². The van der Waals surface area contributed by atoms with Crippen molar-refractivity contribution in [3.05, 3.63) is 0 Å². The lowest BCUT2D eigenvalue weighted by Crippen LogP contribution is -2.30. The van der Waals surface area contributed by atoms with Crippen LogP contribution in [0.25, 0.3) is 0 Å². The summed E-state index contributed by atoms with van der Waals surface area (Å²) in [6.45, 7) is 22.1. The quantitative estimate of drug-likeness (QED) is 0.0428. The average Bonchev–Trinajstić information content (AvgIpc) is 3.40. The molecule has 11 nitrogen and oxygen atoms in total. The van der Waals surface area contributed by atoms with E-state index in [1.54, 1.807) is 0 Å². The van der Waals surface area contributed by atoms with E-state index >= 15 is 0 Å². The summed E-state index contributed by atoms with van der Waals surface area (Å²) in [4.78, 5) is 25.6. The maximum atomic E-state index is 12.8. The van der Waals surface area contributed by atoms with Crippen LogP contribution in [-0.4, -0.2) is 115 Å². The minimum atomic E-state index is -0.149. The molecule has 0 heterocycles. The van der Waals surface area contributed by atoms with Crippen molar-refractivity contribution in [3.63, 3.8) is 0 Å². The maximum Gasteiger partial charge on any atom is 0.306 e. The van der Waals surface area contributed by atoms with Crippen molar-refractivity contribution in [2.24, 2.45) is 0 Å². The summed E-state index contributed by atoms with van der Waals surface area (Å²) in [5.74, 6) is -0.0260. The van der Waals surface area contributed by atoms with Gasteiger partial charge in [0, 0.05) is 26.1 Å². The molecule has 0 bridgehead atoms. The Hall–Kier alpha value is -1.34. The molecule has 0 aromatic heterocycles. The number of rotatable bonds is 64. The Balaban J connectivity index is 4.65. The first kappa shape index (κ1) is 74.7. The fraction of sp³-hybridized carbons (Fsp3) is 0.969. The third-order valence-corrected chi connectivity index (χ3v) is 14.6. The summed E-state index contributed by atoms with van der Waals surface area (Å²) < 4.78 is 53.9. The molecule has 76 heavy (non-hydrogen) atoms. The molecule has 454 valence electrons. The lowest BCUT2D eigenvalue weighted by molar-refractivity contribution is -0.151. The average molecular weight is 1090 g/mol. The van der Waals surface area contributed by atoms with Crippen LogP contribution in [-0.2, 0) is 52.2 Å².